The van der Waals surface area contributed by atoms with Gasteiger partial charge in [-0.25, -0.2) is 0 Å². The second-order valence-electron chi connectivity index (χ2n) is 7.46. The molecule has 8 heteroatoms. The van der Waals surface area contributed by atoms with Gasteiger partial charge in [0.05, 0.1) is 20.9 Å². The molecule has 0 bridgehead atoms. The standard InChI is InChI=1S/C24H16N2O4S2/c1-25-21(15-9-7-13(29-15)17-5-3-11-31-17)19-20(23(25)27)22(26(2)24(19)28)16-10-8-14(30-16)18-6-4-12-32-18/h3-12H,1-2H3. The van der Waals surface area contributed by atoms with Crippen LogP contribution in [0.1, 0.15) is 11.5 Å². The van der Waals surface area contributed by atoms with Crippen molar-refractivity contribution in [3.8, 4) is 21.3 Å². The fraction of sp³-hybridized carbons (Fsp3) is 0.0833. The minimum Gasteiger partial charge on any atom is -0.454 e. The van der Waals surface area contributed by atoms with Gasteiger partial charge in [-0.2, -0.15) is 0 Å². The molecule has 0 N–H and O–H groups in total. The molecule has 0 aromatic carbocycles. The lowest BCUT2D eigenvalue weighted by atomic mass is 10.1. The Bertz CT molecular complexity index is 1320. The monoisotopic (exact) mass is 460 g/mol. The van der Waals surface area contributed by atoms with Crippen molar-refractivity contribution in [1.82, 2.24) is 9.80 Å². The highest BCUT2D eigenvalue weighted by atomic mass is 32.1. The molecular formula is C24H16N2O4S2. The lowest BCUT2D eigenvalue weighted by molar-refractivity contribution is -0.123. The fourth-order valence-corrected chi connectivity index (χ4v) is 5.51. The molecule has 2 amide bonds. The largest absolute Gasteiger partial charge is 0.454 e. The Kier molecular flexibility index (Phi) is 4.14. The van der Waals surface area contributed by atoms with Crippen LogP contribution in [0.3, 0.4) is 0 Å². The first-order chi connectivity index (χ1) is 15.5. The lowest BCUT2D eigenvalue weighted by Gasteiger charge is -2.17. The van der Waals surface area contributed by atoms with Crippen molar-refractivity contribution in [1.29, 1.82) is 0 Å². The molecule has 0 radical (unpaired) electrons. The topological polar surface area (TPSA) is 66.9 Å². The van der Waals surface area contributed by atoms with Crippen LogP contribution in [-0.2, 0) is 9.59 Å². The number of hydrogen-bond donors (Lipinski definition) is 0. The molecule has 0 spiro atoms. The van der Waals surface area contributed by atoms with Gasteiger partial charge in [0, 0.05) is 14.1 Å². The average Bonchev–Trinajstić information content (AvgIpc) is 3.59. The van der Waals surface area contributed by atoms with E-state index in [4.69, 9.17) is 8.83 Å². The van der Waals surface area contributed by atoms with Gasteiger partial charge in [-0.3, -0.25) is 9.59 Å². The Morgan fingerprint density at radius 1 is 0.625 bits per heavy atom. The highest BCUT2D eigenvalue weighted by Crippen LogP contribution is 2.46. The zero-order chi connectivity index (χ0) is 22.0. The molecule has 0 aliphatic carbocycles. The van der Waals surface area contributed by atoms with Gasteiger partial charge in [-0.1, -0.05) is 12.1 Å². The molecule has 0 fully saturated rings. The molecule has 0 saturated heterocycles. The molecule has 6 heterocycles. The van der Waals surface area contributed by atoms with E-state index in [1.54, 1.807) is 48.9 Å². The van der Waals surface area contributed by atoms with Crippen LogP contribution in [0.4, 0.5) is 0 Å². The third kappa shape index (κ3) is 2.63. The van der Waals surface area contributed by atoms with Crippen LogP contribution < -0.4 is 0 Å². The van der Waals surface area contributed by atoms with Crippen molar-refractivity contribution < 1.29 is 18.4 Å². The van der Waals surface area contributed by atoms with E-state index >= 15 is 0 Å². The zero-order valence-electron chi connectivity index (χ0n) is 17.1. The Morgan fingerprint density at radius 2 is 1.03 bits per heavy atom. The van der Waals surface area contributed by atoms with E-state index in [1.165, 1.54) is 9.80 Å². The van der Waals surface area contributed by atoms with E-state index in [0.29, 0.717) is 45.6 Å². The molecule has 6 rings (SSSR count). The maximum Gasteiger partial charge on any atom is 0.261 e. The number of carbonyl (C=O) groups is 2. The zero-order valence-corrected chi connectivity index (χ0v) is 18.8. The molecule has 6 nitrogen and oxygen atoms in total. The van der Waals surface area contributed by atoms with Gasteiger partial charge in [0.2, 0.25) is 0 Å². The maximum atomic E-state index is 13.3. The molecular weight excluding hydrogens is 444 g/mol. The molecule has 32 heavy (non-hydrogen) atoms. The molecule has 0 atom stereocenters. The second-order valence-corrected chi connectivity index (χ2v) is 9.35. The summed E-state index contributed by atoms with van der Waals surface area (Å²) < 4.78 is 12.1. The van der Waals surface area contributed by atoms with E-state index in [2.05, 4.69) is 0 Å². The smallest absolute Gasteiger partial charge is 0.261 e. The third-order valence-corrected chi connectivity index (χ3v) is 7.41. The van der Waals surface area contributed by atoms with Crippen molar-refractivity contribution in [3.63, 3.8) is 0 Å². The molecule has 0 unspecified atom stereocenters. The normalized spacial score (nSPS) is 16.2. The third-order valence-electron chi connectivity index (χ3n) is 5.64. The van der Waals surface area contributed by atoms with Crippen LogP contribution in [0.25, 0.3) is 32.7 Å². The highest BCUT2D eigenvalue weighted by molar-refractivity contribution is 7.13. The second kappa shape index (κ2) is 6.94. The summed E-state index contributed by atoms with van der Waals surface area (Å²) in [7, 11) is 3.32. The van der Waals surface area contributed by atoms with Gasteiger partial charge in [0.25, 0.3) is 11.8 Å². The van der Waals surface area contributed by atoms with Gasteiger partial charge in [-0.15, -0.1) is 22.7 Å². The minimum absolute atomic E-state index is 0.258. The quantitative estimate of drug-likeness (QED) is 0.409. The Labute approximate surface area is 191 Å². The summed E-state index contributed by atoms with van der Waals surface area (Å²) in [6, 6.07) is 15.2. The molecule has 0 saturated carbocycles. The highest BCUT2D eigenvalue weighted by Gasteiger charge is 2.48. The number of thiophene rings is 2. The first kappa shape index (κ1) is 19.1. The van der Waals surface area contributed by atoms with Crippen molar-refractivity contribution >= 4 is 45.9 Å². The maximum absolute atomic E-state index is 13.3. The summed E-state index contributed by atoms with van der Waals surface area (Å²) in [6.07, 6.45) is 0. The van der Waals surface area contributed by atoms with Crippen LogP contribution in [0, 0.1) is 0 Å². The molecule has 2 aliphatic heterocycles. The van der Waals surface area contributed by atoms with E-state index in [9.17, 15) is 9.59 Å². The predicted molar refractivity (Wildman–Crippen MR) is 123 cm³/mol. The molecule has 4 aromatic heterocycles. The number of furan rings is 2. The van der Waals surface area contributed by atoms with Gasteiger partial charge in [-0.05, 0) is 47.2 Å². The van der Waals surface area contributed by atoms with Crippen LogP contribution >= 0.6 is 22.7 Å². The van der Waals surface area contributed by atoms with Crippen LogP contribution in [0.2, 0.25) is 0 Å². The summed E-state index contributed by atoms with van der Waals surface area (Å²) in [5.41, 5.74) is 1.64. The Balaban J connectivity index is 1.50. The molecule has 2 aliphatic rings. The van der Waals surface area contributed by atoms with Gasteiger partial charge < -0.3 is 18.6 Å². The Hall–Kier alpha value is -3.62. The van der Waals surface area contributed by atoms with E-state index in [1.807, 2.05) is 47.2 Å². The lowest BCUT2D eigenvalue weighted by Crippen LogP contribution is -2.25. The predicted octanol–water partition coefficient (Wildman–Crippen LogP) is 5.40. The van der Waals surface area contributed by atoms with Gasteiger partial charge in [0.15, 0.2) is 11.5 Å². The van der Waals surface area contributed by atoms with Crippen molar-refractivity contribution in [2.24, 2.45) is 0 Å². The van der Waals surface area contributed by atoms with Gasteiger partial charge in [0.1, 0.15) is 22.9 Å². The summed E-state index contributed by atoms with van der Waals surface area (Å²) in [5, 5.41) is 3.95. The summed E-state index contributed by atoms with van der Waals surface area (Å²) in [4.78, 5) is 31.5. The number of nitrogens with zero attached hydrogens (tertiary/aromatic N) is 2. The van der Waals surface area contributed by atoms with Crippen molar-refractivity contribution in [2.45, 2.75) is 0 Å². The first-order valence-electron chi connectivity index (χ1n) is 9.88. The minimum atomic E-state index is -0.258. The van der Waals surface area contributed by atoms with E-state index in [-0.39, 0.29) is 11.8 Å². The Morgan fingerprint density at radius 3 is 1.41 bits per heavy atom. The van der Waals surface area contributed by atoms with Crippen LogP contribution in [-0.4, -0.2) is 35.7 Å². The van der Waals surface area contributed by atoms with E-state index < -0.39 is 0 Å². The van der Waals surface area contributed by atoms with Crippen molar-refractivity contribution in [2.75, 3.05) is 14.1 Å². The number of amides is 2. The van der Waals surface area contributed by atoms with E-state index in [0.717, 1.165) is 9.75 Å². The SMILES string of the molecule is CN1C(=O)C2=C(c3ccc(-c4cccs4)o3)N(C)C(=O)C2=C1c1ccc(-c2cccs2)o1. The number of fused-ring (bicyclic) bond motifs is 1. The first-order valence-corrected chi connectivity index (χ1v) is 11.6. The van der Waals surface area contributed by atoms with Crippen LogP contribution in [0.15, 0.2) is 79.3 Å². The molecule has 4 aromatic rings. The van der Waals surface area contributed by atoms with Crippen molar-refractivity contribution in [3.05, 3.63) is 82.0 Å². The number of likely N-dealkylation sites (N-methyl/N-ethyl adjacent to an activating group) is 2. The number of rotatable bonds is 4. The number of hydrogen-bond acceptors (Lipinski definition) is 6. The summed E-state index contributed by atoms with van der Waals surface area (Å²) in [6.45, 7) is 0. The number of carbonyl (C=O) groups excluding carboxylic acids is 2. The van der Waals surface area contributed by atoms with Crippen LogP contribution in [0.5, 0.6) is 0 Å². The molecule has 158 valence electrons. The fourth-order valence-electron chi connectivity index (χ4n) is 4.14. The van der Waals surface area contributed by atoms with Gasteiger partial charge >= 0.3 is 0 Å². The summed E-state index contributed by atoms with van der Waals surface area (Å²) in [5.74, 6) is 1.85. The average molecular weight is 461 g/mol. The summed E-state index contributed by atoms with van der Waals surface area (Å²) >= 11 is 3.13.